The van der Waals surface area contributed by atoms with Gasteiger partial charge in [0.25, 0.3) is 0 Å². The number of rotatable bonds is 4. The van der Waals surface area contributed by atoms with Crippen LogP contribution in [0.4, 0.5) is 5.69 Å². The van der Waals surface area contributed by atoms with Crippen LogP contribution in [0.1, 0.15) is 19.4 Å². The number of nitrogens with one attached hydrogen (secondary N) is 1. The molecule has 0 aliphatic heterocycles. The smallest absolute Gasteiger partial charge is 0.243 e. The van der Waals surface area contributed by atoms with Gasteiger partial charge in [-0.3, -0.25) is 9.48 Å². The van der Waals surface area contributed by atoms with Crippen LogP contribution in [-0.4, -0.2) is 21.2 Å². The molecule has 1 heterocycles. The van der Waals surface area contributed by atoms with Crippen LogP contribution in [0.5, 0.6) is 0 Å². The zero-order valence-corrected chi connectivity index (χ0v) is 12.4. The molecular weight excluding hydrogens is 276 g/mol. The number of hydrogen-bond acceptors (Lipinski definition) is 3. The van der Waals surface area contributed by atoms with Gasteiger partial charge in [-0.1, -0.05) is 12.1 Å². The summed E-state index contributed by atoms with van der Waals surface area (Å²) in [6.45, 7) is 4.06. The molecule has 0 aliphatic rings. The number of aromatic nitrogens is 2. The molecule has 0 aliphatic carbocycles. The number of anilines is 1. The number of nitrogens with two attached hydrogens (primary N) is 1. The van der Waals surface area contributed by atoms with Crippen molar-refractivity contribution in [2.45, 2.75) is 25.9 Å². The summed E-state index contributed by atoms with van der Waals surface area (Å²) in [7, 11) is 0. The Hall–Kier alpha value is -1.85. The van der Waals surface area contributed by atoms with E-state index in [1.807, 2.05) is 41.2 Å². The molecule has 1 aromatic carbocycles. The fraction of sp³-hybridized carbons (Fsp3) is 0.286. The molecule has 1 amide bonds. The predicted octanol–water partition coefficient (Wildman–Crippen LogP) is 2.03. The van der Waals surface area contributed by atoms with Crippen molar-refractivity contribution in [3.05, 3.63) is 48.3 Å². The van der Waals surface area contributed by atoms with Gasteiger partial charge in [-0.05, 0) is 37.6 Å². The lowest BCUT2D eigenvalue weighted by Crippen LogP contribution is -2.45. The Morgan fingerprint density at radius 2 is 2.00 bits per heavy atom. The highest BCUT2D eigenvalue weighted by molar-refractivity contribution is 5.97. The molecule has 0 bridgehead atoms. The molecule has 0 saturated carbocycles. The van der Waals surface area contributed by atoms with Gasteiger partial charge < -0.3 is 11.1 Å². The van der Waals surface area contributed by atoms with Gasteiger partial charge in [0.05, 0.1) is 12.1 Å². The van der Waals surface area contributed by atoms with Crippen molar-refractivity contribution in [1.82, 2.24) is 9.78 Å². The van der Waals surface area contributed by atoms with E-state index in [4.69, 9.17) is 5.73 Å². The van der Waals surface area contributed by atoms with Crippen LogP contribution in [0.3, 0.4) is 0 Å². The first-order valence-corrected chi connectivity index (χ1v) is 6.12. The first-order chi connectivity index (χ1) is 8.95. The number of nitrogens with zero attached hydrogens (tertiary/aromatic N) is 2. The zero-order chi connectivity index (χ0) is 13.9. The maximum Gasteiger partial charge on any atom is 0.243 e. The minimum atomic E-state index is -0.881. The summed E-state index contributed by atoms with van der Waals surface area (Å²) in [6, 6.07) is 9.53. The van der Waals surface area contributed by atoms with E-state index in [-0.39, 0.29) is 18.3 Å². The first kappa shape index (κ1) is 16.2. The zero-order valence-electron chi connectivity index (χ0n) is 11.5. The maximum atomic E-state index is 11.7. The number of benzene rings is 1. The van der Waals surface area contributed by atoms with Crippen LogP contribution < -0.4 is 11.1 Å². The van der Waals surface area contributed by atoms with E-state index < -0.39 is 5.54 Å². The summed E-state index contributed by atoms with van der Waals surface area (Å²) >= 11 is 0. The maximum absolute atomic E-state index is 11.7. The van der Waals surface area contributed by atoms with E-state index in [1.165, 1.54) is 0 Å². The molecule has 1 aromatic heterocycles. The van der Waals surface area contributed by atoms with Crippen molar-refractivity contribution < 1.29 is 4.79 Å². The third-order valence-corrected chi connectivity index (χ3v) is 2.70. The van der Waals surface area contributed by atoms with Gasteiger partial charge in [0.1, 0.15) is 0 Å². The minimum Gasteiger partial charge on any atom is -0.325 e. The van der Waals surface area contributed by atoms with Crippen LogP contribution >= 0.6 is 12.4 Å². The second-order valence-corrected chi connectivity index (χ2v) is 5.08. The number of hydrogen-bond donors (Lipinski definition) is 2. The molecular formula is C14H19ClN4O. The van der Waals surface area contributed by atoms with Gasteiger partial charge in [-0.2, -0.15) is 5.10 Å². The summed E-state index contributed by atoms with van der Waals surface area (Å²) in [6.07, 6.45) is 3.66. The molecule has 2 aromatic rings. The lowest BCUT2D eigenvalue weighted by atomic mass is 10.1. The second kappa shape index (κ2) is 6.54. The summed E-state index contributed by atoms with van der Waals surface area (Å²) in [5.41, 5.74) is 6.70. The SMILES string of the molecule is CC(C)(N)C(=O)Nc1ccc(Cn2cccn2)cc1.Cl. The lowest BCUT2D eigenvalue weighted by Gasteiger charge is -2.17. The summed E-state index contributed by atoms with van der Waals surface area (Å²) in [4.78, 5) is 11.7. The quantitative estimate of drug-likeness (QED) is 0.906. The number of amides is 1. The largest absolute Gasteiger partial charge is 0.325 e. The van der Waals surface area contributed by atoms with Crippen molar-refractivity contribution >= 4 is 24.0 Å². The minimum absolute atomic E-state index is 0. The van der Waals surface area contributed by atoms with Crippen LogP contribution in [0.25, 0.3) is 0 Å². The average Bonchev–Trinajstić information content (AvgIpc) is 2.83. The molecule has 0 radical (unpaired) electrons. The molecule has 0 unspecified atom stereocenters. The van der Waals surface area contributed by atoms with Gasteiger partial charge in [-0.15, -0.1) is 12.4 Å². The van der Waals surface area contributed by atoms with Crippen LogP contribution in [0, 0.1) is 0 Å². The molecule has 0 atom stereocenters. The average molecular weight is 295 g/mol. The molecule has 3 N–H and O–H groups in total. The van der Waals surface area contributed by atoms with E-state index in [2.05, 4.69) is 10.4 Å². The summed E-state index contributed by atoms with van der Waals surface area (Å²) in [5, 5.41) is 6.93. The third kappa shape index (κ3) is 4.36. The van der Waals surface area contributed by atoms with Crippen LogP contribution in [0.2, 0.25) is 0 Å². The monoisotopic (exact) mass is 294 g/mol. The van der Waals surface area contributed by atoms with Crippen molar-refractivity contribution in [3.63, 3.8) is 0 Å². The van der Waals surface area contributed by atoms with Crippen molar-refractivity contribution in [2.24, 2.45) is 5.73 Å². The summed E-state index contributed by atoms with van der Waals surface area (Å²) < 4.78 is 1.84. The van der Waals surface area contributed by atoms with E-state index in [1.54, 1.807) is 20.0 Å². The number of carbonyl (C=O) groups excluding carboxylic acids is 1. The Morgan fingerprint density at radius 1 is 1.35 bits per heavy atom. The molecule has 0 fully saturated rings. The molecule has 108 valence electrons. The van der Waals surface area contributed by atoms with Gasteiger partial charge in [0.2, 0.25) is 5.91 Å². The van der Waals surface area contributed by atoms with Gasteiger partial charge >= 0.3 is 0 Å². The van der Waals surface area contributed by atoms with Gasteiger partial charge in [0.15, 0.2) is 0 Å². The standard InChI is InChI=1S/C14H18N4O.ClH/c1-14(2,15)13(19)17-12-6-4-11(5-7-12)10-18-9-3-8-16-18;/h3-9H,10,15H2,1-2H3,(H,17,19);1H. The van der Waals surface area contributed by atoms with Gasteiger partial charge in [-0.25, -0.2) is 0 Å². The first-order valence-electron chi connectivity index (χ1n) is 6.12. The topological polar surface area (TPSA) is 72.9 Å². The third-order valence-electron chi connectivity index (χ3n) is 2.70. The fourth-order valence-corrected chi connectivity index (χ4v) is 1.57. The Bertz CT molecular complexity index is 544. The molecule has 20 heavy (non-hydrogen) atoms. The number of halogens is 1. The predicted molar refractivity (Wildman–Crippen MR) is 81.9 cm³/mol. The highest BCUT2D eigenvalue weighted by Gasteiger charge is 2.21. The molecule has 6 heteroatoms. The lowest BCUT2D eigenvalue weighted by molar-refractivity contribution is -0.120. The normalized spacial score (nSPS) is 10.8. The second-order valence-electron chi connectivity index (χ2n) is 5.08. The Morgan fingerprint density at radius 3 is 2.50 bits per heavy atom. The van der Waals surface area contributed by atoms with Crippen molar-refractivity contribution in [2.75, 3.05) is 5.32 Å². The Labute approximate surface area is 124 Å². The molecule has 2 rings (SSSR count). The molecule has 5 nitrogen and oxygen atoms in total. The van der Waals surface area contributed by atoms with Crippen LogP contribution in [-0.2, 0) is 11.3 Å². The fourth-order valence-electron chi connectivity index (χ4n) is 1.57. The summed E-state index contributed by atoms with van der Waals surface area (Å²) in [5.74, 6) is -0.202. The molecule has 0 spiro atoms. The number of carbonyl (C=O) groups is 1. The van der Waals surface area contributed by atoms with Gasteiger partial charge in [0, 0.05) is 18.1 Å². The van der Waals surface area contributed by atoms with E-state index in [0.717, 1.165) is 11.3 Å². The highest BCUT2D eigenvalue weighted by Crippen LogP contribution is 2.12. The van der Waals surface area contributed by atoms with Crippen molar-refractivity contribution in [1.29, 1.82) is 0 Å². The highest BCUT2D eigenvalue weighted by atomic mass is 35.5. The Kier molecular flexibility index (Phi) is 5.30. The van der Waals surface area contributed by atoms with E-state index in [9.17, 15) is 4.79 Å². The van der Waals surface area contributed by atoms with E-state index in [0.29, 0.717) is 6.54 Å². The van der Waals surface area contributed by atoms with Crippen molar-refractivity contribution in [3.8, 4) is 0 Å². The Balaban J connectivity index is 0.00000200. The molecule has 0 saturated heterocycles. The van der Waals surface area contributed by atoms with Crippen LogP contribution in [0.15, 0.2) is 42.7 Å². The van der Waals surface area contributed by atoms with E-state index >= 15 is 0 Å².